The number of nitrogens with zero attached hydrogens (tertiary/aromatic N) is 2. The van der Waals surface area contributed by atoms with E-state index in [1.807, 2.05) is 0 Å². The van der Waals surface area contributed by atoms with E-state index in [0.29, 0.717) is 0 Å². The molecule has 0 aliphatic heterocycles. The van der Waals surface area contributed by atoms with Gasteiger partial charge >= 0.3 is 6.18 Å². The second-order valence-electron chi connectivity index (χ2n) is 2.93. The zero-order valence-electron chi connectivity index (χ0n) is 7.54. The second-order valence-corrected chi connectivity index (χ2v) is 2.93. The standard InChI is InChI=1S/C8H10F3N3/c1-5(4-12)7-13-3-2-6(14-7)8(9,10)11/h2-3,5H,4,12H2,1H3. The maximum absolute atomic E-state index is 12.2. The van der Waals surface area contributed by atoms with E-state index in [4.69, 9.17) is 5.73 Å². The molecule has 0 fully saturated rings. The van der Waals surface area contributed by atoms with Crippen LogP contribution in [0, 0.1) is 0 Å². The van der Waals surface area contributed by atoms with Gasteiger partial charge in [-0.1, -0.05) is 6.92 Å². The Kier molecular flexibility index (Phi) is 3.05. The highest BCUT2D eigenvalue weighted by atomic mass is 19.4. The summed E-state index contributed by atoms with van der Waals surface area (Å²) in [6, 6.07) is 0.840. The number of hydrogen-bond donors (Lipinski definition) is 1. The predicted molar refractivity (Wildman–Crippen MR) is 44.5 cm³/mol. The Bertz CT molecular complexity index is 311. The molecule has 1 aromatic heterocycles. The summed E-state index contributed by atoms with van der Waals surface area (Å²) in [7, 11) is 0. The zero-order chi connectivity index (χ0) is 10.8. The second kappa shape index (κ2) is 3.91. The average Bonchev–Trinajstić information content (AvgIpc) is 2.15. The predicted octanol–water partition coefficient (Wildman–Crippen LogP) is 1.56. The third kappa shape index (κ3) is 2.41. The molecule has 1 aromatic rings. The van der Waals surface area contributed by atoms with Crippen LogP contribution in [-0.2, 0) is 6.18 Å². The van der Waals surface area contributed by atoms with Crippen LogP contribution < -0.4 is 5.73 Å². The fourth-order valence-corrected chi connectivity index (χ4v) is 0.875. The summed E-state index contributed by atoms with van der Waals surface area (Å²) >= 11 is 0. The number of hydrogen-bond acceptors (Lipinski definition) is 3. The van der Waals surface area contributed by atoms with Crippen LogP contribution >= 0.6 is 0 Å². The van der Waals surface area contributed by atoms with E-state index in [0.717, 1.165) is 12.3 Å². The summed E-state index contributed by atoms with van der Waals surface area (Å²) in [5.74, 6) is -0.139. The Hall–Kier alpha value is -1.17. The van der Waals surface area contributed by atoms with Crippen molar-refractivity contribution < 1.29 is 13.2 Å². The minimum Gasteiger partial charge on any atom is -0.330 e. The molecule has 0 spiro atoms. The van der Waals surface area contributed by atoms with Crippen LogP contribution in [0.2, 0.25) is 0 Å². The summed E-state index contributed by atoms with van der Waals surface area (Å²) < 4.78 is 36.6. The lowest BCUT2D eigenvalue weighted by molar-refractivity contribution is -0.141. The van der Waals surface area contributed by atoms with Gasteiger partial charge in [-0.15, -0.1) is 0 Å². The summed E-state index contributed by atoms with van der Waals surface area (Å²) in [6.45, 7) is 1.90. The lowest BCUT2D eigenvalue weighted by Gasteiger charge is -2.09. The van der Waals surface area contributed by atoms with Crippen molar-refractivity contribution in [3.63, 3.8) is 0 Å². The number of nitrogens with two attached hydrogens (primary N) is 1. The van der Waals surface area contributed by atoms with Gasteiger partial charge in [-0.3, -0.25) is 0 Å². The van der Waals surface area contributed by atoms with E-state index < -0.39 is 11.9 Å². The first-order valence-electron chi connectivity index (χ1n) is 4.05. The fraction of sp³-hybridized carbons (Fsp3) is 0.500. The van der Waals surface area contributed by atoms with Gasteiger partial charge in [0.2, 0.25) is 0 Å². The van der Waals surface area contributed by atoms with Crippen LogP contribution in [0.15, 0.2) is 12.3 Å². The van der Waals surface area contributed by atoms with E-state index in [2.05, 4.69) is 9.97 Å². The highest BCUT2D eigenvalue weighted by molar-refractivity contribution is 5.08. The van der Waals surface area contributed by atoms with E-state index in [1.165, 1.54) is 0 Å². The molecule has 3 nitrogen and oxygen atoms in total. The van der Waals surface area contributed by atoms with Gasteiger partial charge < -0.3 is 5.73 Å². The van der Waals surface area contributed by atoms with Crippen molar-refractivity contribution in [1.82, 2.24) is 9.97 Å². The van der Waals surface area contributed by atoms with Crippen molar-refractivity contribution in [3.05, 3.63) is 23.8 Å². The van der Waals surface area contributed by atoms with Crippen molar-refractivity contribution in [3.8, 4) is 0 Å². The van der Waals surface area contributed by atoms with E-state index in [1.54, 1.807) is 6.92 Å². The van der Waals surface area contributed by atoms with Gasteiger partial charge in [-0.25, -0.2) is 9.97 Å². The van der Waals surface area contributed by atoms with Gasteiger partial charge in [-0.2, -0.15) is 13.2 Å². The quantitative estimate of drug-likeness (QED) is 0.797. The van der Waals surface area contributed by atoms with Crippen molar-refractivity contribution >= 4 is 0 Å². The molecule has 0 aliphatic rings. The molecule has 1 atom stereocenters. The molecule has 0 aliphatic carbocycles. The number of rotatable bonds is 2. The molecular weight excluding hydrogens is 195 g/mol. The van der Waals surface area contributed by atoms with E-state index in [-0.39, 0.29) is 18.3 Å². The third-order valence-electron chi connectivity index (χ3n) is 1.76. The van der Waals surface area contributed by atoms with Crippen LogP contribution in [0.1, 0.15) is 24.4 Å². The Morgan fingerprint density at radius 1 is 1.50 bits per heavy atom. The molecule has 14 heavy (non-hydrogen) atoms. The third-order valence-corrected chi connectivity index (χ3v) is 1.76. The molecule has 0 radical (unpaired) electrons. The van der Waals surface area contributed by atoms with Gasteiger partial charge in [0.25, 0.3) is 0 Å². The smallest absolute Gasteiger partial charge is 0.330 e. The summed E-state index contributed by atoms with van der Waals surface area (Å²) in [6.07, 6.45) is -3.33. The van der Waals surface area contributed by atoms with Crippen LogP contribution in [0.25, 0.3) is 0 Å². The van der Waals surface area contributed by atoms with Gasteiger partial charge in [-0.05, 0) is 6.07 Å². The summed E-state index contributed by atoms with van der Waals surface area (Å²) in [5, 5.41) is 0. The normalized spacial score (nSPS) is 14.1. The van der Waals surface area contributed by atoms with Crippen molar-refractivity contribution in [1.29, 1.82) is 0 Å². The Balaban J connectivity index is 3.01. The number of halogens is 3. The molecule has 0 saturated heterocycles. The Morgan fingerprint density at radius 2 is 2.14 bits per heavy atom. The number of aromatic nitrogens is 2. The maximum Gasteiger partial charge on any atom is 0.433 e. The molecule has 0 amide bonds. The highest BCUT2D eigenvalue weighted by Gasteiger charge is 2.32. The molecule has 0 aromatic carbocycles. The van der Waals surface area contributed by atoms with Crippen molar-refractivity contribution in [2.24, 2.45) is 5.73 Å². The summed E-state index contributed by atoms with van der Waals surface area (Å²) in [4.78, 5) is 7.13. The minimum absolute atomic E-state index is 0.127. The molecule has 0 bridgehead atoms. The maximum atomic E-state index is 12.2. The lowest BCUT2D eigenvalue weighted by atomic mass is 10.1. The fourth-order valence-electron chi connectivity index (χ4n) is 0.875. The van der Waals surface area contributed by atoms with Crippen LogP contribution in [0.4, 0.5) is 13.2 Å². The zero-order valence-corrected chi connectivity index (χ0v) is 7.54. The van der Waals surface area contributed by atoms with E-state index in [9.17, 15) is 13.2 Å². The lowest BCUT2D eigenvalue weighted by Crippen LogP contribution is -2.16. The molecule has 78 valence electrons. The average molecular weight is 205 g/mol. The largest absolute Gasteiger partial charge is 0.433 e. The highest BCUT2D eigenvalue weighted by Crippen LogP contribution is 2.27. The first-order valence-corrected chi connectivity index (χ1v) is 4.05. The molecule has 1 rings (SSSR count). The summed E-state index contributed by atoms with van der Waals surface area (Å²) in [5.41, 5.74) is 4.37. The molecule has 2 N–H and O–H groups in total. The molecule has 6 heteroatoms. The Morgan fingerprint density at radius 3 is 2.64 bits per heavy atom. The van der Waals surface area contributed by atoms with Crippen molar-refractivity contribution in [2.75, 3.05) is 6.54 Å². The first kappa shape index (κ1) is 10.9. The SMILES string of the molecule is CC(CN)c1nccc(C(F)(F)F)n1. The van der Waals surface area contributed by atoms with Crippen LogP contribution in [-0.4, -0.2) is 16.5 Å². The molecule has 1 unspecified atom stereocenters. The molecule has 1 heterocycles. The van der Waals surface area contributed by atoms with Crippen LogP contribution in [0.5, 0.6) is 0 Å². The van der Waals surface area contributed by atoms with E-state index >= 15 is 0 Å². The van der Waals surface area contributed by atoms with Gasteiger partial charge in [0.1, 0.15) is 11.5 Å². The molecular formula is C8H10F3N3. The topological polar surface area (TPSA) is 51.8 Å². The van der Waals surface area contributed by atoms with Gasteiger partial charge in [0.05, 0.1) is 0 Å². The number of alkyl halides is 3. The first-order chi connectivity index (χ1) is 6.45. The van der Waals surface area contributed by atoms with Crippen LogP contribution in [0.3, 0.4) is 0 Å². The Labute approximate surface area is 79.2 Å². The minimum atomic E-state index is -4.42. The van der Waals surface area contributed by atoms with Gasteiger partial charge in [0, 0.05) is 18.7 Å². The monoisotopic (exact) mass is 205 g/mol. The molecule has 0 saturated carbocycles. The van der Waals surface area contributed by atoms with Crippen molar-refractivity contribution in [2.45, 2.75) is 19.0 Å². The van der Waals surface area contributed by atoms with Gasteiger partial charge in [0.15, 0.2) is 0 Å².